The van der Waals surface area contributed by atoms with E-state index in [-0.39, 0.29) is 6.04 Å². The van der Waals surface area contributed by atoms with Crippen LogP contribution in [-0.4, -0.2) is 15.0 Å². The van der Waals surface area contributed by atoms with Crippen molar-refractivity contribution in [2.75, 3.05) is 0 Å². The molecule has 0 aliphatic rings. The van der Waals surface area contributed by atoms with Crippen molar-refractivity contribution in [1.29, 1.82) is 0 Å². The summed E-state index contributed by atoms with van der Waals surface area (Å²) in [5.74, 6) is 0. The van der Waals surface area contributed by atoms with E-state index >= 15 is 0 Å². The van der Waals surface area contributed by atoms with Gasteiger partial charge >= 0.3 is 0 Å². The molecule has 0 saturated heterocycles. The minimum atomic E-state index is 0.233. The Labute approximate surface area is 132 Å². The molecule has 2 aromatic carbocycles. The molecule has 0 spiro atoms. The third-order valence-electron chi connectivity index (χ3n) is 3.26. The predicted octanol–water partition coefficient (Wildman–Crippen LogP) is 4.96. The second-order valence-electron chi connectivity index (χ2n) is 5.18. The SMILES string of the molecule is CC(C)n1nc(-c2ccccc2)c(-c2ccc(Br)cc2)n1. The van der Waals surface area contributed by atoms with Crippen molar-refractivity contribution in [2.24, 2.45) is 0 Å². The molecule has 0 aliphatic heterocycles. The third-order valence-corrected chi connectivity index (χ3v) is 3.78. The Morgan fingerprint density at radius 3 is 1.86 bits per heavy atom. The average Bonchev–Trinajstić information content (AvgIpc) is 2.94. The fraction of sp³-hybridized carbons (Fsp3) is 0.176. The standard InChI is InChI=1S/C17H16BrN3/c1-12(2)21-19-16(13-6-4-3-5-7-13)17(20-21)14-8-10-15(18)11-9-14/h3-12H,1-2H3. The molecule has 0 radical (unpaired) electrons. The van der Waals surface area contributed by atoms with Crippen molar-refractivity contribution in [3.05, 3.63) is 59.1 Å². The Morgan fingerprint density at radius 2 is 1.33 bits per heavy atom. The molecule has 0 aliphatic carbocycles. The van der Waals surface area contributed by atoms with E-state index in [0.29, 0.717) is 0 Å². The van der Waals surface area contributed by atoms with Crippen LogP contribution in [0.2, 0.25) is 0 Å². The molecule has 0 fully saturated rings. The highest BCUT2D eigenvalue weighted by Gasteiger charge is 2.16. The molecule has 4 heteroatoms. The molecule has 0 bridgehead atoms. The zero-order valence-corrected chi connectivity index (χ0v) is 13.6. The molecule has 21 heavy (non-hydrogen) atoms. The van der Waals surface area contributed by atoms with E-state index in [9.17, 15) is 0 Å². The van der Waals surface area contributed by atoms with E-state index in [1.807, 2.05) is 30.3 Å². The van der Waals surface area contributed by atoms with Crippen molar-refractivity contribution in [2.45, 2.75) is 19.9 Å². The normalized spacial score (nSPS) is 11.0. The molecule has 3 rings (SSSR count). The molecule has 106 valence electrons. The maximum absolute atomic E-state index is 4.68. The number of hydrogen-bond donors (Lipinski definition) is 0. The van der Waals surface area contributed by atoms with Gasteiger partial charge in [0.05, 0.1) is 6.04 Å². The summed E-state index contributed by atoms with van der Waals surface area (Å²) in [6.45, 7) is 4.17. The monoisotopic (exact) mass is 341 g/mol. The molecule has 0 saturated carbocycles. The van der Waals surface area contributed by atoms with Crippen LogP contribution in [0.4, 0.5) is 0 Å². The van der Waals surface area contributed by atoms with Crippen molar-refractivity contribution in [3.8, 4) is 22.5 Å². The topological polar surface area (TPSA) is 30.7 Å². The Hall–Kier alpha value is -1.94. The van der Waals surface area contributed by atoms with Gasteiger partial charge in [0.25, 0.3) is 0 Å². The molecule has 3 nitrogen and oxygen atoms in total. The third kappa shape index (κ3) is 2.90. The zero-order chi connectivity index (χ0) is 14.8. The fourth-order valence-electron chi connectivity index (χ4n) is 2.15. The number of hydrogen-bond acceptors (Lipinski definition) is 2. The zero-order valence-electron chi connectivity index (χ0n) is 12.0. The minimum absolute atomic E-state index is 0.233. The second-order valence-corrected chi connectivity index (χ2v) is 6.10. The van der Waals surface area contributed by atoms with Crippen LogP contribution in [-0.2, 0) is 0 Å². The molecular formula is C17H16BrN3. The highest BCUT2D eigenvalue weighted by Crippen LogP contribution is 2.30. The Balaban J connectivity index is 2.16. The lowest BCUT2D eigenvalue weighted by Crippen LogP contribution is -2.04. The quantitative estimate of drug-likeness (QED) is 0.674. The lowest BCUT2D eigenvalue weighted by atomic mass is 10.1. The first kappa shape index (κ1) is 14.0. The molecule has 0 N–H and O–H groups in total. The first-order valence-electron chi connectivity index (χ1n) is 6.93. The molecule has 3 aromatic rings. The minimum Gasteiger partial charge on any atom is -0.181 e. The van der Waals surface area contributed by atoms with Crippen LogP contribution in [0.1, 0.15) is 19.9 Å². The van der Waals surface area contributed by atoms with E-state index in [2.05, 4.69) is 64.2 Å². The summed E-state index contributed by atoms with van der Waals surface area (Å²) in [4.78, 5) is 1.78. The van der Waals surface area contributed by atoms with Crippen LogP contribution in [0.25, 0.3) is 22.5 Å². The average molecular weight is 342 g/mol. The summed E-state index contributed by atoms with van der Waals surface area (Å²) in [5.41, 5.74) is 4.00. The van der Waals surface area contributed by atoms with Gasteiger partial charge in [0.2, 0.25) is 0 Å². The first-order valence-corrected chi connectivity index (χ1v) is 7.72. The highest BCUT2D eigenvalue weighted by molar-refractivity contribution is 9.10. The number of benzene rings is 2. The van der Waals surface area contributed by atoms with Gasteiger partial charge < -0.3 is 0 Å². The summed E-state index contributed by atoms with van der Waals surface area (Å²) in [6.07, 6.45) is 0. The summed E-state index contributed by atoms with van der Waals surface area (Å²) in [7, 11) is 0. The van der Waals surface area contributed by atoms with E-state index in [4.69, 9.17) is 0 Å². The van der Waals surface area contributed by atoms with Gasteiger partial charge in [0, 0.05) is 15.6 Å². The van der Waals surface area contributed by atoms with Gasteiger partial charge in [-0.1, -0.05) is 58.4 Å². The van der Waals surface area contributed by atoms with Crippen molar-refractivity contribution >= 4 is 15.9 Å². The van der Waals surface area contributed by atoms with Crippen LogP contribution in [0, 0.1) is 0 Å². The number of halogens is 1. The van der Waals surface area contributed by atoms with Gasteiger partial charge in [-0.25, -0.2) is 0 Å². The number of rotatable bonds is 3. The molecule has 0 amide bonds. The molecule has 1 aromatic heterocycles. The van der Waals surface area contributed by atoms with Crippen LogP contribution >= 0.6 is 15.9 Å². The van der Waals surface area contributed by atoms with Gasteiger partial charge in [0.15, 0.2) is 0 Å². The van der Waals surface area contributed by atoms with Gasteiger partial charge in [-0.3, -0.25) is 0 Å². The lowest BCUT2D eigenvalue weighted by Gasteiger charge is -2.01. The Morgan fingerprint density at radius 1 is 0.810 bits per heavy atom. The molecule has 0 unspecified atom stereocenters. The van der Waals surface area contributed by atoms with Gasteiger partial charge in [-0.05, 0) is 26.0 Å². The predicted molar refractivity (Wildman–Crippen MR) is 89.0 cm³/mol. The van der Waals surface area contributed by atoms with Crippen LogP contribution in [0.3, 0.4) is 0 Å². The van der Waals surface area contributed by atoms with E-state index in [1.54, 1.807) is 4.80 Å². The van der Waals surface area contributed by atoms with Crippen LogP contribution < -0.4 is 0 Å². The molecule has 1 heterocycles. The Bertz CT molecular complexity index is 730. The summed E-state index contributed by atoms with van der Waals surface area (Å²) < 4.78 is 1.06. The van der Waals surface area contributed by atoms with Crippen molar-refractivity contribution in [3.63, 3.8) is 0 Å². The maximum Gasteiger partial charge on any atom is 0.121 e. The lowest BCUT2D eigenvalue weighted by molar-refractivity contribution is 0.468. The number of nitrogens with zero attached hydrogens (tertiary/aromatic N) is 3. The molecular weight excluding hydrogens is 326 g/mol. The summed E-state index contributed by atoms with van der Waals surface area (Å²) >= 11 is 3.47. The van der Waals surface area contributed by atoms with Gasteiger partial charge in [0.1, 0.15) is 11.4 Å². The first-order chi connectivity index (χ1) is 10.1. The maximum atomic E-state index is 4.68. The Kier molecular flexibility index (Phi) is 3.88. The van der Waals surface area contributed by atoms with E-state index in [0.717, 1.165) is 27.0 Å². The number of aromatic nitrogens is 3. The van der Waals surface area contributed by atoms with Crippen molar-refractivity contribution in [1.82, 2.24) is 15.0 Å². The smallest absolute Gasteiger partial charge is 0.121 e. The van der Waals surface area contributed by atoms with E-state index in [1.165, 1.54) is 0 Å². The highest BCUT2D eigenvalue weighted by atomic mass is 79.9. The van der Waals surface area contributed by atoms with Crippen molar-refractivity contribution < 1.29 is 0 Å². The summed E-state index contributed by atoms with van der Waals surface area (Å²) in [5, 5.41) is 9.35. The van der Waals surface area contributed by atoms with Crippen LogP contribution in [0.15, 0.2) is 59.1 Å². The van der Waals surface area contributed by atoms with Gasteiger partial charge in [-0.15, -0.1) is 0 Å². The van der Waals surface area contributed by atoms with E-state index < -0.39 is 0 Å². The fourth-order valence-corrected chi connectivity index (χ4v) is 2.41. The summed E-state index contributed by atoms with van der Waals surface area (Å²) in [6, 6.07) is 18.6. The molecule has 0 atom stereocenters. The second kappa shape index (κ2) is 5.82. The van der Waals surface area contributed by atoms with Gasteiger partial charge in [-0.2, -0.15) is 15.0 Å². The largest absolute Gasteiger partial charge is 0.181 e. The van der Waals surface area contributed by atoms with Crippen LogP contribution in [0.5, 0.6) is 0 Å².